The summed E-state index contributed by atoms with van der Waals surface area (Å²) in [6.07, 6.45) is 0. The van der Waals surface area contributed by atoms with Crippen molar-refractivity contribution in [1.82, 2.24) is 13.7 Å². The number of fused-ring (bicyclic) bond motifs is 16. The molecule has 1 aliphatic carbocycles. The molecular formula is C64H46BN3. The number of hydrogen-bond donors (Lipinski definition) is 0. The second-order valence-electron chi connectivity index (χ2n) is 22.1. The van der Waals surface area contributed by atoms with Gasteiger partial charge in [0, 0.05) is 49.2 Å². The van der Waals surface area contributed by atoms with E-state index in [4.69, 9.17) is 0 Å². The van der Waals surface area contributed by atoms with E-state index in [-0.39, 0.29) is 17.5 Å². The fraction of sp³-hybridized carbons (Fsp3) is 0.125. The van der Waals surface area contributed by atoms with Gasteiger partial charge in [-0.3, -0.25) is 0 Å². The zero-order valence-electron chi connectivity index (χ0n) is 39.1. The monoisotopic (exact) mass is 867 g/mol. The summed E-state index contributed by atoms with van der Waals surface area (Å²) in [7, 11) is 0. The van der Waals surface area contributed by atoms with Gasteiger partial charge in [0.05, 0.1) is 33.3 Å². The van der Waals surface area contributed by atoms with Crippen LogP contribution in [0.5, 0.6) is 0 Å². The average Bonchev–Trinajstić information content (AvgIpc) is 3.97. The van der Waals surface area contributed by atoms with Crippen LogP contribution in [-0.4, -0.2) is 20.4 Å². The molecule has 0 amide bonds. The molecule has 16 rings (SSSR count). The minimum Gasteiger partial charge on any atom is -0.310 e. The first kappa shape index (κ1) is 37.3. The van der Waals surface area contributed by atoms with Crippen LogP contribution < -0.4 is 16.4 Å². The van der Waals surface area contributed by atoms with Crippen molar-refractivity contribution in [3.05, 3.63) is 181 Å². The first-order chi connectivity index (χ1) is 33.0. The Labute approximate surface area is 394 Å². The lowest BCUT2D eigenvalue weighted by Crippen LogP contribution is -2.59. The molecule has 0 radical (unpaired) electrons. The van der Waals surface area contributed by atoms with Crippen molar-refractivity contribution in [3.8, 4) is 39.3 Å². The second-order valence-corrected chi connectivity index (χ2v) is 22.1. The molecule has 4 heteroatoms. The van der Waals surface area contributed by atoms with Gasteiger partial charge in [0.1, 0.15) is 0 Å². The van der Waals surface area contributed by atoms with Gasteiger partial charge in [-0.25, -0.2) is 0 Å². The quantitative estimate of drug-likeness (QED) is 0.146. The Bertz CT molecular complexity index is 4520. The van der Waals surface area contributed by atoms with Crippen molar-refractivity contribution in [2.24, 2.45) is 0 Å². The van der Waals surface area contributed by atoms with Crippen LogP contribution in [-0.2, 0) is 10.8 Å². The van der Waals surface area contributed by atoms with Crippen LogP contribution in [0.4, 0.5) is 0 Å². The molecule has 68 heavy (non-hydrogen) atoms. The summed E-state index contributed by atoms with van der Waals surface area (Å²) < 4.78 is 7.91. The maximum absolute atomic E-state index is 2.69. The molecule has 0 saturated carbocycles. The summed E-state index contributed by atoms with van der Waals surface area (Å²) >= 11 is 0. The van der Waals surface area contributed by atoms with Crippen molar-refractivity contribution < 1.29 is 0 Å². The first-order valence-electron chi connectivity index (χ1n) is 24.4. The van der Waals surface area contributed by atoms with Crippen molar-refractivity contribution in [2.45, 2.75) is 52.4 Å². The summed E-state index contributed by atoms with van der Waals surface area (Å²) in [6.45, 7) is 14.2. The summed E-state index contributed by atoms with van der Waals surface area (Å²) in [5.74, 6) is 0. The van der Waals surface area contributed by atoms with Crippen LogP contribution in [0.1, 0.15) is 52.7 Å². The van der Waals surface area contributed by atoms with E-state index in [0.717, 1.165) is 0 Å². The standard InChI is InChI=1S/C64H46BN3/c1-63(2,3)37-24-29-51-46(30-37)47-31-38(64(4,5)6)32-49-61(47)67(51)54-33-39(66-50-21-12-11-19-45(50)57-40-16-8-7-14-35(40)22-27-52(57)66)34-55-60(54)65(49)48-26-25-44-42-18-10-9-17-41(42)43-20-13-15-36-23-28-53-59(56(36)43)58(44)62(48)68(53)55/h7-34H,1-6H3. The molecule has 3 aliphatic rings. The van der Waals surface area contributed by atoms with Gasteiger partial charge in [-0.1, -0.05) is 163 Å². The average molecular weight is 868 g/mol. The molecule has 0 unspecified atom stereocenters. The Balaban J connectivity index is 1.15. The van der Waals surface area contributed by atoms with Crippen molar-refractivity contribution in [3.63, 3.8) is 0 Å². The molecule has 320 valence electrons. The van der Waals surface area contributed by atoms with Gasteiger partial charge in [0.2, 0.25) is 0 Å². The minimum atomic E-state index is -0.0606. The Hall–Kier alpha value is -7.82. The maximum atomic E-state index is 2.69. The smallest absolute Gasteiger partial charge is 0.252 e. The summed E-state index contributed by atoms with van der Waals surface area (Å²) in [5, 5.41) is 13.1. The van der Waals surface area contributed by atoms with Crippen molar-refractivity contribution in [2.75, 3.05) is 0 Å². The van der Waals surface area contributed by atoms with E-state index in [1.807, 2.05) is 0 Å². The molecule has 3 nitrogen and oxygen atoms in total. The molecular weight excluding hydrogens is 822 g/mol. The lowest BCUT2D eigenvalue weighted by molar-refractivity contribution is 0.590. The van der Waals surface area contributed by atoms with E-state index in [2.05, 4.69) is 225 Å². The highest BCUT2D eigenvalue weighted by atomic mass is 15.1. The molecule has 10 aromatic carbocycles. The lowest BCUT2D eigenvalue weighted by atomic mass is 9.34. The lowest BCUT2D eigenvalue weighted by Gasteiger charge is -2.35. The van der Waals surface area contributed by atoms with Crippen LogP contribution in [0, 0.1) is 0 Å². The van der Waals surface area contributed by atoms with Gasteiger partial charge in [-0.2, -0.15) is 0 Å². The van der Waals surface area contributed by atoms with Crippen molar-refractivity contribution in [1.29, 1.82) is 0 Å². The van der Waals surface area contributed by atoms with Gasteiger partial charge in [0.25, 0.3) is 6.71 Å². The molecule has 0 fully saturated rings. The first-order valence-corrected chi connectivity index (χ1v) is 24.4. The summed E-state index contributed by atoms with van der Waals surface area (Å²) in [5.41, 5.74) is 23.4. The number of aromatic nitrogens is 3. The Kier molecular flexibility index (Phi) is 6.69. The molecule has 3 aromatic heterocycles. The SMILES string of the molecule is CC(C)(C)c1ccc2c(c1)c1cc(C(C)(C)C)cc3c1n2-c1cc(-n2c4ccccc4c4c5ccccc5ccc42)cc2c1B3c1ccc3c4c5c6c(cccc6ccc5n-2c14)-c1ccccc1-3. The number of benzene rings is 10. The van der Waals surface area contributed by atoms with E-state index < -0.39 is 0 Å². The number of nitrogens with zero attached hydrogens (tertiary/aromatic N) is 3. The highest BCUT2D eigenvalue weighted by Crippen LogP contribution is 2.51. The van der Waals surface area contributed by atoms with Gasteiger partial charge in [0.15, 0.2) is 0 Å². The van der Waals surface area contributed by atoms with E-state index in [1.54, 1.807) is 0 Å². The highest BCUT2D eigenvalue weighted by Gasteiger charge is 2.43. The van der Waals surface area contributed by atoms with Crippen LogP contribution >= 0.6 is 0 Å². The normalized spacial score (nSPS) is 13.7. The second kappa shape index (κ2) is 12.2. The van der Waals surface area contributed by atoms with E-state index in [1.165, 1.54) is 154 Å². The van der Waals surface area contributed by atoms with Crippen LogP contribution in [0.15, 0.2) is 170 Å². The zero-order chi connectivity index (χ0) is 45.3. The van der Waals surface area contributed by atoms with Crippen LogP contribution in [0.3, 0.4) is 0 Å². The molecule has 0 atom stereocenters. The molecule has 13 aromatic rings. The molecule has 0 saturated heterocycles. The minimum absolute atomic E-state index is 0.00195. The van der Waals surface area contributed by atoms with Crippen molar-refractivity contribution >= 4 is 110 Å². The molecule has 0 bridgehead atoms. The highest BCUT2D eigenvalue weighted by molar-refractivity contribution is 7.00. The van der Waals surface area contributed by atoms with Crippen LogP contribution in [0.25, 0.3) is 126 Å². The molecule has 0 N–H and O–H groups in total. The molecule has 5 heterocycles. The fourth-order valence-corrected chi connectivity index (χ4v) is 13.4. The Morgan fingerprint density at radius 3 is 1.74 bits per heavy atom. The van der Waals surface area contributed by atoms with E-state index in [9.17, 15) is 0 Å². The topological polar surface area (TPSA) is 14.8 Å². The summed E-state index contributed by atoms with van der Waals surface area (Å²) in [4.78, 5) is 0. The van der Waals surface area contributed by atoms with Gasteiger partial charge in [-0.15, -0.1) is 0 Å². The Morgan fingerprint density at radius 1 is 0.353 bits per heavy atom. The van der Waals surface area contributed by atoms with Gasteiger partial charge >= 0.3 is 0 Å². The maximum Gasteiger partial charge on any atom is 0.252 e. The van der Waals surface area contributed by atoms with E-state index >= 15 is 0 Å². The number of rotatable bonds is 1. The predicted molar refractivity (Wildman–Crippen MR) is 291 cm³/mol. The molecule has 0 spiro atoms. The zero-order valence-corrected chi connectivity index (χ0v) is 39.1. The molecule has 2 aliphatic heterocycles. The van der Waals surface area contributed by atoms with Crippen LogP contribution in [0.2, 0.25) is 0 Å². The predicted octanol–water partition coefficient (Wildman–Crippen LogP) is 14.7. The third-order valence-electron chi connectivity index (χ3n) is 16.4. The number of para-hydroxylation sites is 1. The van der Waals surface area contributed by atoms with Gasteiger partial charge in [-0.05, 0) is 131 Å². The third-order valence-corrected chi connectivity index (χ3v) is 16.4. The Morgan fingerprint density at radius 2 is 0.956 bits per heavy atom. The largest absolute Gasteiger partial charge is 0.310 e. The summed E-state index contributed by atoms with van der Waals surface area (Å²) in [6, 6.07) is 65.9. The fourth-order valence-electron chi connectivity index (χ4n) is 13.4. The third kappa shape index (κ3) is 4.43. The number of hydrogen-bond acceptors (Lipinski definition) is 0. The van der Waals surface area contributed by atoms with E-state index in [0.29, 0.717) is 0 Å². The van der Waals surface area contributed by atoms with Gasteiger partial charge < -0.3 is 13.7 Å².